The number of rotatable bonds is 9. The number of aromatic hydroxyl groups is 1. The average molecular weight is 596 g/mol. The maximum absolute atomic E-state index is 14.4. The fraction of sp³-hybridized carbons (Fsp3) is 0.306. The Morgan fingerprint density at radius 1 is 0.886 bits per heavy atom. The third-order valence-corrected chi connectivity index (χ3v) is 7.29. The van der Waals surface area contributed by atoms with Crippen LogP contribution in [0.5, 0.6) is 5.75 Å². The summed E-state index contributed by atoms with van der Waals surface area (Å²) in [5.41, 5.74) is 3.14. The molecule has 2 atom stereocenters. The number of aryl methyl sites for hydroxylation is 2. The molecule has 0 saturated heterocycles. The van der Waals surface area contributed by atoms with Crippen LogP contribution in [0.2, 0.25) is 0 Å². The van der Waals surface area contributed by atoms with E-state index < -0.39 is 29.7 Å². The van der Waals surface area contributed by atoms with Crippen LogP contribution in [0, 0.1) is 13.8 Å². The first-order valence-corrected chi connectivity index (χ1v) is 14.8. The lowest BCUT2D eigenvalue weighted by molar-refractivity contribution is -0.140. The normalized spacial score (nSPS) is 12.7. The maximum Gasteiger partial charge on any atom is 0.408 e. The van der Waals surface area contributed by atoms with E-state index in [1.165, 1.54) is 17.0 Å². The van der Waals surface area contributed by atoms with Crippen molar-refractivity contribution in [3.63, 3.8) is 0 Å². The van der Waals surface area contributed by atoms with Crippen LogP contribution in [0.15, 0.2) is 84.9 Å². The lowest BCUT2D eigenvalue weighted by Crippen LogP contribution is -2.53. The largest absolute Gasteiger partial charge is 0.508 e. The molecule has 44 heavy (non-hydrogen) atoms. The van der Waals surface area contributed by atoms with Crippen molar-refractivity contribution in [1.82, 2.24) is 10.2 Å². The van der Waals surface area contributed by atoms with Gasteiger partial charge in [0, 0.05) is 18.7 Å². The molecule has 3 N–H and O–H groups in total. The van der Waals surface area contributed by atoms with Crippen molar-refractivity contribution in [2.24, 2.45) is 0 Å². The van der Waals surface area contributed by atoms with E-state index in [0.717, 1.165) is 27.5 Å². The van der Waals surface area contributed by atoms with E-state index in [9.17, 15) is 19.5 Å². The maximum atomic E-state index is 14.4. The van der Waals surface area contributed by atoms with Gasteiger partial charge in [-0.15, -0.1) is 0 Å². The number of anilines is 1. The number of nitrogens with one attached hydrogen (secondary N) is 2. The summed E-state index contributed by atoms with van der Waals surface area (Å²) in [7, 11) is 0. The zero-order valence-corrected chi connectivity index (χ0v) is 26.2. The summed E-state index contributed by atoms with van der Waals surface area (Å²) in [5.74, 6) is -0.722. The Kier molecular flexibility index (Phi) is 9.94. The van der Waals surface area contributed by atoms with Gasteiger partial charge in [0.15, 0.2) is 0 Å². The van der Waals surface area contributed by atoms with Crippen LogP contribution in [0.1, 0.15) is 56.0 Å². The number of likely N-dealkylation sites (N-methyl/N-ethyl adjacent to an activating group) is 1. The minimum Gasteiger partial charge on any atom is -0.508 e. The predicted octanol–water partition coefficient (Wildman–Crippen LogP) is 6.83. The molecule has 4 aromatic rings. The number of fused-ring (bicyclic) bond motifs is 1. The van der Waals surface area contributed by atoms with Gasteiger partial charge in [-0.3, -0.25) is 9.59 Å². The Morgan fingerprint density at radius 3 is 2.20 bits per heavy atom. The molecule has 8 heteroatoms. The van der Waals surface area contributed by atoms with Crippen molar-refractivity contribution in [3.8, 4) is 5.75 Å². The summed E-state index contributed by atoms with van der Waals surface area (Å²) in [4.78, 5) is 43.0. The number of nitrogens with zero attached hydrogens (tertiary/aromatic N) is 1. The number of hydrogen-bond donors (Lipinski definition) is 3. The fourth-order valence-electron chi connectivity index (χ4n) is 5.24. The van der Waals surface area contributed by atoms with Crippen LogP contribution < -0.4 is 10.6 Å². The molecule has 0 spiro atoms. The predicted molar refractivity (Wildman–Crippen MR) is 174 cm³/mol. The number of carbonyl (C=O) groups excluding carboxylic acids is 3. The van der Waals surface area contributed by atoms with Crippen molar-refractivity contribution in [2.45, 2.75) is 65.6 Å². The highest BCUT2D eigenvalue weighted by atomic mass is 16.6. The van der Waals surface area contributed by atoms with Crippen LogP contribution in [0.25, 0.3) is 10.8 Å². The molecule has 0 fully saturated rings. The molecular formula is C36H41N3O5. The van der Waals surface area contributed by atoms with E-state index in [4.69, 9.17) is 4.74 Å². The molecule has 230 valence electrons. The Labute approximate surface area is 259 Å². The molecule has 8 nitrogen and oxygen atoms in total. The lowest BCUT2D eigenvalue weighted by atomic mass is 9.95. The topological polar surface area (TPSA) is 108 Å². The summed E-state index contributed by atoms with van der Waals surface area (Å²) in [6, 6.07) is 23.8. The van der Waals surface area contributed by atoms with Gasteiger partial charge in [-0.25, -0.2) is 4.79 Å². The first kappa shape index (κ1) is 32.1. The summed E-state index contributed by atoms with van der Waals surface area (Å²) >= 11 is 0. The number of hydrogen-bond acceptors (Lipinski definition) is 5. The minimum absolute atomic E-state index is 0.0900. The zero-order chi connectivity index (χ0) is 32.0. The fourth-order valence-corrected chi connectivity index (χ4v) is 5.24. The van der Waals surface area contributed by atoms with E-state index in [0.29, 0.717) is 11.3 Å². The van der Waals surface area contributed by atoms with Gasteiger partial charge in [0.25, 0.3) is 5.91 Å². The van der Waals surface area contributed by atoms with E-state index in [2.05, 4.69) is 10.6 Å². The molecule has 0 saturated carbocycles. The first-order valence-electron chi connectivity index (χ1n) is 14.8. The number of amides is 3. The van der Waals surface area contributed by atoms with Crippen molar-refractivity contribution in [1.29, 1.82) is 0 Å². The van der Waals surface area contributed by atoms with Gasteiger partial charge in [0.1, 0.15) is 23.4 Å². The van der Waals surface area contributed by atoms with Gasteiger partial charge in [-0.05, 0) is 93.3 Å². The van der Waals surface area contributed by atoms with E-state index in [-0.39, 0.29) is 24.6 Å². The Hall–Kier alpha value is -4.85. The highest BCUT2D eigenvalue weighted by molar-refractivity contribution is 6.00. The number of benzene rings is 4. The average Bonchev–Trinajstić information content (AvgIpc) is 2.96. The molecule has 4 rings (SSSR count). The summed E-state index contributed by atoms with van der Waals surface area (Å²) in [6.45, 7) is 11.1. The monoisotopic (exact) mass is 595 g/mol. The van der Waals surface area contributed by atoms with Crippen LogP contribution in [0.3, 0.4) is 0 Å². The molecule has 0 aliphatic rings. The molecule has 0 heterocycles. The highest BCUT2D eigenvalue weighted by Crippen LogP contribution is 2.29. The third kappa shape index (κ3) is 8.16. The van der Waals surface area contributed by atoms with Crippen molar-refractivity contribution in [3.05, 3.63) is 107 Å². The third-order valence-electron chi connectivity index (χ3n) is 7.29. The van der Waals surface area contributed by atoms with Crippen LogP contribution in [-0.4, -0.2) is 46.1 Å². The van der Waals surface area contributed by atoms with E-state index >= 15 is 0 Å². The number of alkyl carbamates (subject to hydrolysis) is 1. The molecule has 0 aromatic heterocycles. The van der Waals surface area contributed by atoms with Crippen LogP contribution >= 0.6 is 0 Å². The number of ether oxygens (including phenoxy) is 1. The standard InChI is InChI=1S/C36H41N3O5/c1-7-39(34(42)31(38-35(43)44-36(4,5)6)21-25-13-17-29(40)18-14-25)32(30-19-12-23(2)20-24(30)3)33(41)37-28-16-15-26-10-8-9-11-27(26)22-28/h8-20,22,31-32,40H,7,21H2,1-6H3,(H,37,41)(H,38,43). The van der Waals surface area contributed by atoms with Gasteiger partial charge >= 0.3 is 6.09 Å². The van der Waals surface area contributed by atoms with Gasteiger partial charge in [-0.1, -0.05) is 66.2 Å². The highest BCUT2D eigenvalue weighted by Gasteiger charge is 2.36. The summed E-state index contributed by atoms with van der Waals surface area (Å²) < 4.78 is 5.49. The van der Waals surface area contributed by atoms with Gasteiger partial charge in [0.2, 0.25) is 5.91 Å². The molecule has 0 bridgehead atoms. The molecule has 2 unspecified atom stereocenters. The second kappa shape index (κ2) is 13.6. The Morgan fingerprint density at radius 2 is 1.57 bits per heavy atom. The SMILES string of the molecule is CCN(C(=O)C(Cc1ccc(O)cc1)NC(=O)OC(C)(C)C)C(C(=O)Nc1ccc2ccccc2c1)c1ccc(C)cc1C. The van der Waals surface area contributed by atoms with Crippen molar-refractivity contribution < 1.29 is 24.2 Å². The second-order valence-corrected chi connectivity index (χ2v) is 12.0. The number of phenolic OH excluding ortho intramolecular Hbond substituents is 1. The first-order chi connectivity index (χ1) is 20.8. The van der Waals surface area contributed by atoms with Crippen molar-refractivity contribution in [2.75, 3.05) is 11.9 Å². The molecule has 4 aromatic carbocycles. The molecule has 0 aliphatic carbocycles. The molecule has 3 amide bonds. The Balaban J connectivity index is 1.72. The smallest absolute Gasteiger partial charge is 0.408 e. The molecule has 0 radical (unpaired) electrons. The lowest BCUT2D eigenvalue weighted by Gasteiger charge is -2.34. The second-order valence-electron chi connectivity index (χ2n) is 12.0. The summed E-state index contributed by atoms with van der Waals surface area (Å²) in [5, 5.41) is 17.6. The van der Waals surface area contributed by atoms with Crippen LogP contribution in [-0.2, 0) is 20.7 Å². The molecular weight excluding hydrogens is 554 g/mol. The van der Waals surface area contributed by atoms with Gasteiger partial charge in [0.05, 0.1) is 0 Å². The van der Waals surface area contributed by atoms with Crippen molar-refractivity contribution >= 4 is 34.4 Å². The van der Waals surface area contributed by atoms with E-state index in [1.807, 2.05) is 81.4 Å². The Bertz CT molecular complexity index is 1640. The minimum atomic E-state index is -1.05. The van der Waals surface area contributed by atoms with Crippen LogP contribution in [0.4, 0.5) is 10.5 Å². The van der Waals surface area contributed by atoms with Gasteiger partial charge in [-0.2, -0.15) is 0 Å². The van der Waals surface area contributed by atoms with Gasteiger partial charge < -0.3 is 25.4 Å². The number of carbonyl (C=O) groups is 3. The quantitative estimate of drug-likeness (QED) is 0.197. The number of phenols is 1. The zero-order valence-electron chi connectivity index (χ0n) is 26.2. The van der Waals surface area contributed by atoms with E-state index in [1.54, 1.807) is 32.9 Å². The summed E-state index contributed by atoms with van der Waals surface area (Å²) in [6.07, 6.45) is -0.616. The molecule has 0 aliphatic heterocycles.